The first-order chi connectivity index (χ1) is 11.5. The maximum Gasteiger partial charge on any atom is 0.352 e. The molecule has 0 radical (unpaired) electrons. The number of thioether (sulfide) groups is 1. The minimum absolute atomic E-state index is 0.0449. The molecule has 3 heterocycles. The van der Waals surface area contributed by atoms with Crippen LogP contribution in [0.25, 0.3) is 0 Å². The molecule has 0 spiro atoms. The Hall–Kier alpha value is -2.61. The summed E-state index contributed by atoms with van der Waals surface area (Å²) in [5, 5.41) is 9.36. The van der Waals surface area contributed by atoms with E-state index in [1.165, 1.54) is 4.90 Å². The highest BCUT2D eigenvalue weighted by molar-refractivity contribution is 8.00. The Balaban J connectivity index is 1.74. The number of carbonyl (C=O) groups excluding carboxylic acids is 2. The van der Waals surface area contributed by atoms with Gasteiger partial charge < -0.3 is 10.8 Å². The van der Waals surface area contributed by atoms with Gasteiger partial charge in [-0.25, -0.2) is 9.36 Å². The summed E-state index contributed by atoms with van der Waals surface area (Å²) in [6, 6.07) is 3.25. The van der Waals surface area contributed by atoms with Gasteiger partial charge in [0.2, 0.25) is 11.8 Å². The second kappa shape index (κ2) is 6.48. The fraction of sp³-hybridized carbons (Fsp3) is 0.250. The van der Waals surface area contributed by atoms with Crippen LogP contribution in [0.3, 0.4) is 0 Å². The van der Waals surface area contributed by atoms with Gasteiger partial charge in [-0.05, 0) is 11.6 Å². The van der Waals surface area contributed by atoms with E-state index >= 15 is 0 Å². The molecule has 3 N–H and O–H groups in total. The number of carboxylic acid groups (broad SMARTS) is 1. The van der Waals surface area contributed by atoms with Crippen molar-refractivity contribution in [2.75, 3.05) is 5.75 Å². The molecule has 2 aliphatic rings. The quantitative estimate of drug-likeness (QED) is 0.588. The molecule has 1 aromatic heterocycles. The standard InChI is InChI=1S/C16H15N3O4S/c17-15(21)10-3-6-18(7-4-10)5-1-2-11-9-24-13-8-12(20)19(13)14(11)16(22)23/h1-4,6-7,13H,5,8-9H2,(H2-,17,21,22,23)/p+1/t13-/m1/s1. The van der Waals surface area contributed by atoms with Gasteiger partial charge in [0.15, 0.2) is 18.9 Å². The summed E-state index contributed by atoms with van der Waals surface area (Å²) in [6.45, 7) is 0.511. The van der Waals surface area contributed by atoms with E-state index in [2.05, 4.69) is 0 Å². The number of primary amides is 1. The number of aromatic nitrogens is 1. The second-order valence-electron chi connectivity index (χ2n) is 5.46. The zero-order valence-corrected chi connectivity index (χ0v) is 13.5. The second-order valence-corrected chi connectivity index (χ2v) is 6.63. The molecular formula is C16H16N3O4S+. The summed E-state index contributed by atoms with van der Waals surface area (Å²) in [5.74, 6) is -1.14. The summed E-state index contributed by atoms with van der Waals surface area (Å²) in [6.07, 6.45) is 7.42. The monoisotopic (exact) mass is 346 g/mol. The van der Waals surface area contributed by atoms with Crippen LogP contribution in [0.15, 0.2) is 47.9 Å². The Labute approximate surface area is 142 Å². The van der Waals surface area contributed by atoms with Gasteiger partial charge in [-0.1, -0.05) is 6.08 Å². The van der Waals surface area contributed by atoms with Crippen LogP contribution >= 0.6 is 11.8 Å². The fourth-order valence-corrected chi connectivity index (χ4v) is 3.86. The molecule has 2 aliphatic heterocycles. The Morgan fingerprint density at radius 2 is 2.12 bits per heavy atom. The van der Waals surface area contributed by atoms with E-state index in [0.29, 0.717) is 29.9 Å². The first-order valence-electron chi connectivity index (χ1n) is 7.33. The van der Waals surface area contributed by atoms with Crippen LogP contribution in [0.5, 0.6) is 0 Å². The number of pyridine rings is 1. The number of allylic oxidation sites excluding steroid dienone is 2. The summed E-state index contributed by atoms with van der Waals surface area (Å²) in [5.41, 5.74) is 6.33. The molecule has 8 heteroatoms. The average molecular weight is 346 g/mol. The molecule has 0 bridgehead atoms. The van der Waals surface area contributed by atoms with Gasteiger partial charge in [0.1, 0.15) is 5.70 Å². The van der Waals surface area contributed by atoms with E-state index in [0.717, 1.165) is 0 Å². The van der Waals surface area contributed by atoms with E-state index < -0.39 is 11.9 Å². The molecule has 7 nitrogen and oxygen atoms in total. The third-order valence-corrected chi connectivity index (χ3v) is 5.14. The maximum absolute atomic E-state index is 11.7. The number of carbonyl (C=O) groups is 3. The lowest BCUT2D eigenvalue weighted by Crippen LogP contribution is -2.53. The van der Waals surface area contributed by atoms with Crippen molar-refractivity contribution in [3.05, 3.63) is 53.5 Å². The van der Waals surface area contributed by atoms with Crippen LogP contribution in [-0.2, 0) is 16.1 Å². The minimum atomic E-state index is -1.08. The van der Waals surface area contributed by atoms with Gasteiger partial charge in [0, 0.05) is 17.9 Å². The normalized spacial score (nSPS) is 20.1. The first kappa shape index (κ1) is 16.3. The number of nitrogens with two attached hydrogens (primary N) is 1. The summed E-state index contributed by atoms with van der Waals surface area (Å²) >= 11 is 1.57. The molecule has 0 aliphatic carbocycles. The van der Waals surface area contributed by atoms with Crippen molar-refractivity contribution in [1.29, 1.82) is 0 Å². The summed E-state index contributed by atoms with van der Waals surface area (Å²) in [7, 11) is 0. The van der Waals surface area contributed by atoms with Crippen molar-refractivity contribution < 1.29 is 24.1 Å². The number of β-lactam (4-membered cyclic amide) rings is 1. The zero-order valence-electron chi connectivity index (χ0n) is 12.7. The smallest absolute Gasteiger partial charge is 0.352 e. The topological polar surface area (TPSA) is 105 Å². The first-order valence-corrected chi connectivity index (χ1v) is 8.38. The van der Waals surface area contributed by atoms with E-state index in [4.69, 9.17) is 5.73 Å². The molecule has 3 rings (SSSR count). The lowest BCUT2D eigenvalue weighted by Gasteiger charge is -2.43. The molecule has 24 heavy (non-hydrogen) atoms. The van der Waals surface area contributed by atoms with Crippen LogP contribution in [0.2, 0.25) is 0 Å². The van der Waals surface area contributed by atoms with Gasteiger partial charge >= 0.3 is 5.97 Å². The third kappa shape index (κ3) is 3.05. The fourth-order valence-electron chi connectivity index (χ4n) is 2.63. The number of carboxylic acids is 1. The third-order valence-electron chi connectivity index (χ3n) is 3.90. The van der Waals surface area contributed by atoms with Crippen LogP contribution in [0.1, 0.15) is 16.8 Å². The van der Waals surface area contributed by atoms with E-state index in [1.807, 2.05) is 10.6 Å². The molecule has 1 atom stereocenters. The molecule has 124 valence electrons. The van der Waals surface area contributed by atoms with Crippen LogP contribution in [0.4, 0.5) is 0 Å². The van der Waals surface area contributed by atoms with Crippen molar-refractivity contribution >= 4 is 29.5 Å². The highest BCUT2D eigenvalue weighted by atomic mass is 32.2. The number of nitrogens with zero attached hydrogens (tertiary/aromatic N) is 2. The van der Waals surface area contributed by atoms with Crippen LogP contribution < -0.4 is 10.3 Å². The lowest BCUT2D eigenvalue weighted by atomic mass is 10.1. The number of hydrogen-bond donors (Lipinski definition) is 2. The highest BCUT2D eigenvalue weighted by Crippen LogP contribution is 2.40. The Morgan fingerprint density at radius 1 is 1.42 bits per heavy atom. The van der Waals surface area contributed by atoms with Crippen molar-refractivity contribution in [3.63, 3.8) is 0 Å². The van der Waals surface area contributed by atoms with E-state index in [9.17, 15) is 19.5 Å². The number of aliphatic carboxylic acids is 1. The Bertz CT molecular complexity index is 770. The van der Waals surface area contributed by atoms with Crippen LogP contribution in [0, 0.1) is 0 Å². The maximum atomic E-state index is 11.7. The zero-order chi connectivity index (χ0) is 17.3. The molecule has 1 saturated heterocycles. The Morgan fingerprint density at radius 3 is 2.71 bits per heavy atom. The van der Waals surface area contributed by atoms with Crippen molar-refractivity contribution in [2.45, 2.75) is 18.3 Å². The number of amides is 2. The van der Waals surface area contributed by atoms with Gasteiger partial charge in [0.05, 0.1) is 17.4 Å². The predicted octanol–water partition coefficient (Wildman–Crippen LogP) is 0.273. The number of hydrogen-bond acceptors (Lipinski definition) is 4. The van der Waals surface area contributed by atoms with E-state index in [1.54, 1.807) is 42.4 Å². The molecule has 1 aromatic rings. The largest absolute Gasteiger partial charge is 0.477 e. The van der Waals surface area contributed by atoms with Crippen molar-refractivity contribution in [3.8, 4) is 0 Å². The molecular weight excluding hydrogens is 330 g/mol. The van der Waals surface area contributed by atoms with Crippen LogP contribution in [-0.4, -0.2) is 38.9 Å². The predicted molar refractivity (Wildman–Crippen MR) is 86.7 cm³/mol. The summed E-state index contributed by atoms with van der Waals surface area (Å²) in [4.78, 5) is 35.5. The lowest BCUT2D eigenvalue weighted by molar-refractivity contribution is -0.687. The highest BCUT2D eigenvalue weighted by Gasteiger charge is 2.44. The van der Waals surface area contributed by atoms with E-state index in [-0.39, 0.29) is 17.0 Å². The molecule has 0 aromatic carbocycles. The average Bonchev–Trinajstić information content (AvgIpc) is 2.54. The van der Waals surface area contributed by atoms with Gasteiger partial charge in [-0.2, -0.15) is 0 Å². The minimum Gasteiger partial charge on any atom is -0.477 e. The van der Waals surface area contributed by atoms with Crippen molar-refractivity contribution in [1.82, 2.24) is 4.90 Å². The number of fused-ring (bicyclic) bond motifs is 1. The Kier molecular flexibility index (Phi) is 4.39. The molecule has 1 fully saturated rings. The molecule has 2 amide bonds. The van der Waals surface area contributed by atoms with Gasteiger partial charge in [0.25, 0.3) is 0 Å². The number of rotatable bonds is 5. The van der Waals surface area contributed by atoms with Gasteiger partial charge in [-0.15, -0.1) is 11.8 Å². The molecule has 0 saturated carbocycles. The molecule has 0 unspecified atom stereocenters. The SMILES string of the molecule is NC(=O)c1cc[n+](CC=CC2=C(C(=O)O)N3C(=O)C[C@H]3SC2)cc1. The van der Waals surface area contributed by atoms with Gasteiger partial charge in [-0.3, -0.25) is 14.5 Å². The van der Waals surface area contributed by atoms with Crippen molar-refractivity contribution in [2.24, 2.45) is 5.73 Å². The summed E-state index contributed by atoms with van der Waals surface area (Å²) < 4.78 is 1.83.